The zero-order chi connectivity index (χ0) is 13.6. The second-order valence-corrected chi connectivity index (χ2v) is 5.35. The molecule has 0 saturated heterocycles. The molecule has 1 aliphatic carbocycles. The van der Waals surface area contributed by atoms with Gasteiger partial charge in [0.1, 0.15) is 0 Å². The predicted molar refractivity (Wildman–Crippen MR) is 76.7 cm³/mol. The first-order chi connectivity index (χ1) is 9.27. The zero-order valence-corrected chi connectivity index (χ0v) is 11.4. The van der Waals surface area contributed by atoms with Gasteiger partial charge in [-0.3, -0.25) is 9.78 Å². The maximum Gasteiger partial charge on any atom is 0.226 e. The first kappa shape index (κ1) is 13.8. The lowest BCUT2D eigenvalue weighted by Crippen LogP contribution is -2.39. The average Bonchev–Trinajstić information content (AvgIpc) is 2.90. The molecule has 0 radical (unpaired) electrons. The molecule has 1 aromatic rings. The maximum atomic E-state index is 12.4. The number of amides is 1. The van der Waals surface area contributed by atoms with Crippen molar-refractivity contribution in [3.8, 4) is 0 Å². The van der Waals surface area contributed by atoms with Crippen LogP contribution < -0.4 is 5.32 Å². The molecule has 0 bridgehead atoms. The number of carbonyl (C=O) groups is 1. The normalized spacial score (nSPS) is 17.1. The van der Waals surface area contributed by atoms with Crippen LogP contribution in [0, 0.1) is 5.41 Å². The standard InChI is InChI=1S/C16H22N2O/c1-2-8-16(9-3-4-10-16)15(19)18-12-7-14-6-5-11-17-13-14/h2,5-6,11,13H,1,3-4,7-10,12H2,(H,18,19). The van der Waals surface area contributed by atoms with Crippen LogP contribution in [0.5, 0.6) is 0 Å². The average molecular weight is 258 g/mol. The van der Waals surface area contributed by atoms with Crippen molar-refractivity contribution >= 4 is 5.91 Å². The predicted octanol–water partition coefficient (Wildman–Crippen LogP) is 2.88. The van der Waals surface area contributed by atoms with E-state index in [9.17, 15) is 4.79 Å². The first-order valence-electron chi connectivity index (χ1n) is 7.05. The fourth-order valence-corrected chi connectivity index (χ4v) is 2.91. The van der Waals surface area contributed by atoms with Crippen LogP contribution in [0.2, 0.25) is 0 Å². The van der Waals surface area contributed by atoms with E-state index < -0.39 is 0 Å². The molecule has 1 heterocycles. The molecule has 0 aliphatic heterocycles. The lowest BCUT2D eigenvalue weighted by atomic mass is 9.81. The minimum Gasteiger partial charge on any atom is -0.355 e. The van der Waals surface area contributed by atoms with Gasteiger partial charge in [-0.25, -0.2) is 0 Å². The molecule has 1 saturated carbocycles. The number of pyridine rings is 1. The lowest BCUT2D eigenvalue weighted by molar-refractivity contribution is -0.130. The van der Waals surface area contributed by atoms with Crippen LogP contribution in [0.4, 0.5) is 0 Å². The van der Waals surface area contributed by atoms with E-state index in [2.05, 4.69) is 16.9 Å². The summed E-state index contributed by atoms with van der Waals surface area (Å²) in [6.07, 6.45) is 11.4. The van der Waals surface area contributed by atoms with Crippen molar-refractivity contribution in [2.45, 2.75) is 38.5 Å². The second-order valence-electron chi connectivity index (χ2n) is 5.35. The smallest absolute Gasteiger partial charge is 0.226 e. The molecule has 1 fully saturated rings. The zero-order valence-electron chi connectivity index (χ0n) is 11.4. The van der Waals surface area contributed by atoms with Gasteiger partial charge in [0.2, 0.25) is 5.91 Å². The summed E-state index contributed by atoms with van der Waals surface area (Å²) in [7, 11) is 0. The van der Waals surface area contributed by atoms with Crippen molar-refractivity contribution in [3.05, 3.63) is 42.7 Å². The maximum absolute atomic E-state index is 12.4. The molecule has 0 spiro atoms. The summed E-state index contributed by atoms with van der Waals surface area (Å²) >= 11 is 0. The third-order valence-corrected chi connectivity index (χ3v) is 4.00. The van der Waals surface area contributed by atoms with Crippen molar-refractivity contribution in [1.82, 2.24) is 10.3 Å². The number of hydrogen-bond acceptors (Lipinski definition) is 2. The van der Waals surface area contributed by atoms with Gasteiger partial charge in [-0.2, -0.15) is 0 Å². The Morgan fingerprint density at radius 3 is 2.89 bits per heavy atom. The van der Waals surface area contributed by atoms with Gasteiger partial charge in [0.15, 0.2) is 0 Å². The Morgan fingerprint density at radius 1 is 1.47 bits per heavy atom. The monoisotopic (exact) mass is 258 g/mol. The summed E-state index contributed by atoms with van der Waals surface area (Å²) in [6, 6.07) is 3.96. The lowest BCUT2D eigenvalue weighted by Gasteiger charge is -2.26. The van der Waals surface area contributed by atoms with E-state index >= 15 is 0 Å². The molecule has 0 aromatic carbocycles. The summed E-state index contributed by atoms with van der Waals surface area (Å²) < 4.78 is 0. The fourth-order valence-electron chi connectivity index (χ4n) is 2.91. The molecule has 1 amide bonds. The first-order valence-corrected chi connectivity index (χ1v) is 7.05. The van der Waals surface area contributed by atoms with Crippen LogP contribution in [0.15, 0.2) is 37.2 Å². The van der Waals surface area contributed by atoms with Crippen LogP contribution in [-0.4, -0.2) is 17.4 Å². The molecule has 1 N–H and O–H groups in total. The highest BCUT2D eigenvalue weighted by molar-refractivity contribution is 5.83. The summed E-state index contributed by atoms with van der Waals surface area (Å²) in [5.74, 6) is 0.203. The molecule has 3 nitrogen and oxygen atoms in total. The summed E-state index contributed by atoms with van der Waals surface area (Å²) in [5, 5.41) is 3.08. The Labute approximate surface area is 115 Å². The van der Waals surface area contributed by atoms with Crippen molar-refractivity contribution < 1.29 is 4.79 Å². The molecule has 1 aromatic heterocycles. The molecule has 1 aliphatic rings. The summed E-state index contributed by atoms with van der Waals surface area (Å²) in [5.41, 5.74) is 0.975. The summed E-state index contributed by atoms with van der Waals surface area (Å²) in [6.45, 7) is 4.48. The molecular formula is C16H22N2O. The SMILES string of the molecule is C=CCC1(C(=O)NCCc2cccnc2)CCCC1. The van der Waals surface area contributed by atoms with Crippen molar-refractivity contribution in [2.75, 3.05) is 6.54 Å². The third-order valence-electron chi connectivity index (χ3n) is 4.00. The molecule has 0 atom stereocenters. The van der Waals surface area contributed by atoms with E-state index in [-0.39, 0.29) is 11.3 Å². The van der Waals surface area contributed by atoms with Crippen LogP contribution in [0.25, 0.3) is 0 Å². The van der Waals surface area contributed by atoms with Crippen molar-refractivity contribution in [2.24, 2.45) is 5.41 Å². The van der Waals surface area contributed by atoms with Crippen LogP contribution in [-0.2, 0) is 11.2 Å². The van der Waals surface area contributed by atoms with Gasteiger partial charge in [-0.1, -0.05) is 25.0 Å². The van der Waals surface area contributed by atoms with Crippen molar-refractivity contribution in [1.29, 1.82) is 0 Å². The molecule has 2 rings (SSSR count). The van der Waals surface area contributed by atoms with E-state index in [4.69, 9.17) is 0 Å². The molecule has 0 unspecified atom stereocenters. The van der Waals surface area contributed by atoms with Gasteiger partial charge in [-0.05, 0) is 37.3 Å². The molecular weight excluding hydrogens is 236 g/mol. The Morgan fingerprint density at radius 2 is 2.26 bits per heavy atom. The Balaban J connectivity index is 1.84. The number of allylic oxidation sites excluding steroid dienone is 1. The number of rotatable bonds is 6. The minimum atomic E-state index is -0.184. The van der Waals surface area contributed by atoms with E-state index in [1.54, 1.807) is 6.20 Å². The van der Waals surface area contributed by atoms with E-state index in [1.807, 2.05) is 24.4 Å². The number of nitrogens with one attached hydrogen (secondary N) is 1. The Bertz CT molecular complexity index is 422. The van der Waals surface area contributed by atoms with Crippen LogP contribution >= 0.6 is 0 Å². The Hall–Kier alpha value is -1.64. The third kappa shape index (κ3) is 3.43. The fraction of sp³-hybridized carbons (Fsp3) is 0.500. The number of nitrogens with zero attached hydrogens (tertiary/aromatic N) is 1. The highest BCUT2D eigenvalue weighted by atomic mass is 16.2. The van der Waals surface area contributed by atoms with E-state index in [0.717, 1.165) is 44.1 Å². The topological polar surface area (TPSA) is 42.0 Å². The number of carbonyl (C=O) groups excluding carboxylic acids is 1. The highest BCUT2D eigenvalue weighted by Gasteiger charge is 2.39. The number of hydrogen-bond donors (Lipinski definition) is 1. The second kappa shape index (κ2) is 6.50. The van der Waals surface area contributed by atoms with E-state index in [1.165, 1.54) is 0 Å². The van der Waals surface area contributed by atoms with Crippen LogP contribution in [0.1, 0.15) is 37.7 Å². The molecule has 102 valence electrons. The van der Waals surface area contributed by atoms with Crippen LogP contribution in [0.3, 0.4) is 0 Å². The molecule has 3 heteroatoms. The molecule has 19 heavy (non-hydrogen) atoms. The Kier molecular flexibility index (Phi) is 4.72. The minimum absolute atomic E-state index is 0.184. The summed E-state index contributed by atoms with van der Waals surface area (Å²) in [4.78, 5) is 16.4. The van der Waals surface area contributed by atoms with Crippen molar-refractivity contribution in [3.63, 3.8) is 0 Å². The largest absolute Gasteiger partial charge is 0.355 e. The quantitative estimate of drug-likeness (QED) is 0.797. The van der Waals surface area contributed by atoms with E-state index in [0.29, 0.717) is 6.54 Å². The van der Waals surface area contributed by atoms with Gasteiger partial charge < -0.3 is 5.32 Å². The van der Waals surface area contributed by atoms with Gasteiger partial charge in [0.25, 0.3) is 0 Å². The number of aromatic nitrogens is 1. The van der Waals surface area contributed by atoms with Gasteiger partial charge >= 0.3 is 0 Å². The van der Waals surface area contributed by atoms with Gasteiger partial charge in [0.05, 0.1) is 5.41 Å². The van der Waals surface area contributed by atoms with Gasteiger partial charge in [-0.15, -0.1) is 6.58 Å². The van der Waals surface area contributed by atoms with Gasteiger partial charge in [0, 0.05) is 18.9 Å². The highest BCUT2D eigenvalue weighted by Crippen LogP contribution is 2.41.